The van der Waals surface area contributed by atoms with Gasteiger partial charge in [0.1, 0.15) is 5.15 Å². The average molecular weight is 443 g/mol. The molecule has 3 heterocycles. The predicted molar refractivity (Wildman–Crippen MR) is 123 cm³/mol. The summed E-state index contributed by atoms with van der Waals surface area (Å²) in [4.78, 5) is 23.0. The molecule has 156 valence electrons. The highest BCUT2D eigenvalue weighted by Crippen LogP contribution is 2.42. The number of hydrogen-bond acceptors (Lipinski definition) is 5. The van der Waals surface area contributed by atoms with Crippen molar-refractivity contribution >= 4 is 24.4 Å². The van der Waals surface area contributed by atoms with Crippen LogP contribution in [0.1, 0.15) is 18.1 Å². The molecule has 0 N–H and O–H groups in total. The van der Waals surface area contributed by atoms with Crippen LogP contribution in [-0.4, -0.2) is 38.0 Å². The van der Waals surface area contributed by atoms with Gasteiger partial charge in [0.05, 0.1) is 12.2 Å². The van der Waals surface area contributed by atoms with E-state index in [1.807, 2.05) is 17.0 Å². The van der Waals surface area contributed by atoms with E-state index < -0.39 is 5.15 Å². The first-order valence-electron chi connectivity index (χ1n) is 9.83. The molecule has 1 aromatic carbocycles. The second kappa shape index (κ2) is 8.49. The molecule has 1 saturated heterocycles. The maximum absolute atomic E-state index is 13.9. The summed E-state index contributed by atoms with van der Waals surface area (Å²) in [5, 5.41) is 3.13. The summed E-state index contributed by atoms with van der Waals surface area (Å²) < 4.78 is 15.3. The molecule has 1 fully saturated rings. The number of hydrogen-bond donors (Lipinski definition) is 0. The zero-order chi connectivity index (χ0) is 21.3. The molecule has 0 radical (unpaired) electrons. The maximum Gasteiger partial charge on any atom is 0.267 e. The molecule has 2 unspecified atom stereocenters. The van der Waals surface area contributed by atoms with Crippen LogP contribution in [0, 0.1) is 5.92 Å². The van der Waals surface area contributed by atoms with Gasteiger partial charge in [0.2, 0.25) is 5.95 Å². The molecule has 0 bridgehead atoms. The van der Waals surface area contributed by atoms with Crippen LogP contribution in [0.15, 0.2) is 53.6 Å². The second-order valence-corrected chi connectivity index (χ2v) is 10.0. The summed E-state index contributed by atoms with van der Waals surface area (Å²) in [6.45, 7) is 3.66. The molecule has 6 nitrogen and oxygen atoms in total. The van der Waals surface area contributed by atoms with Crippen molar-refractivity contribution in [2.75, 3.05) is 18.0 Å². The predicted octanol–water partition coefficient (Wildman–Crippen LogP) is 3.12. The molecular formula is C21H24FN5OP2. The summed E-state index contributed by atoms with van der Waals surface area (Å²) in [6, 6.07) is 11.4. The topological polar surface area (TPSA) is 63.9 Å². The van der Waals surface area contributed by atoms with Crippen LogP contribution < -0.4 is 10.5 Å². The Balaban J connectivity index is 1.49. The van der Waals surface area contributed by atoms with Gasteiger partial charge >= 0.3 is 0 Å². The molecule has 0 amide bonds. The summed E-state index contributed by atoms with van der Waals surface area (Å²) in [7, 11) is 4.44. The molecule has 4 rings (SSSR count). The van der Waals surface area contributed by atoms with Crippen LogP contribution in [0.3, 0.4) is 0 Å². The van der Waals surface area contributed by atoms with Crippen molar-refractivity contribution in [1.82, 2.24) is 19.7 Å². The highest BCUT2D eigenvalue weighted by atomic mass is 31.1. The summed E-state index contributed by atoms with van der Waals surface area (Å²) >= 11 is 0. The summed E-state index contributed by atoms with van der Waals surface area (Å²) in [5.41, 5.74) is 3.47. The molecule has 0 saturated carbocycles. The quantitative estimate of drug-likeness (QED) is 0.548. The van der Waals surface area contributed by atoms with Gasteiger partial charge in [0, 0.05) is 43.0 Å². The van der Waals surface area contributed by atoms with E-state index in [2.05, 4.69) is 52.6 Å². The van der Waals surface area contributed by atoms with Crippen LogP contribution in [0.2, 0.25) is 0 Å². The van der Waals surface area contributed by atoms with E-state index in [9.17, 15) is 9.18 Å². The molecule has 0 spiro atoms. The minimum absolute atomic E-state index is 0.0765. The molecule has 3 aromatic rings. The largest absolute Gasteiger partial charge is 0.340 e. The Morgan fingerprint density at radius 1 is 1.07 bits per heavy atom. The number of benzene rings is 1. The lowest BCUT2D eigenvalue weighted by atomic mass is 10.0. The Morgan fingerprint density at radius 2 is 1.70 bits per heavy atom. The van der Waals surface area contributed by atoms with Crippen molar-refractivity contribution in [2.45, 2.75) is 25.0 Å². The highest BCUT2D eigenvalue weighted by Gasteiger charge is 2.40. The van der Waals surface area contributed by atoms with Gasteiger partial charge in [-0.05, 0) is 23.6 Å². The molecule has 30 heavy (non-hydrogen) atoms. The highest BCUT2D eigenvalue weighted by molar-refractivity contribution is 7.39. The van der Waals surface area contributed by atoms with E-state index in [0.29, 0.717) is 31.3 Å². The number of aryl methyl sites for hydroxylation is 1. The third-order valence-corrected chi connectivity index (χ3v) is 6.30. The minimum Gasteiger partial charge on any atom is -0.340 e. The van der Waals surface area contributed by atoms with E-state index in [1.165, 1.54) is 16.3 Å². The van der Waals surface area contributed by atoms with Crippen LogP contribution in [0.4, 0.5) is 10.3 Å². The van der Waals surface area contributed by atoms with E-state index in [-0.39, 0.29) is 11.5 Å². The third-order valence-electron chi connectivity index (χ3n) is 5.35. The number of halogens is 1. The van der Waals surface area contributed by atoms with Crippen LogP contribution in [0.5, 0.6) is 0 Å². The first kappa shape index (κ1) is 21.0. The van der Waals surface area contributed by atoms with E-state index >= 15 is 0 Å². The Hall–Kier alpha value is -2.23. The third kappa shape index (κ3) is 4.58. The zero-order valence-corrected chi connectivity index (χ0v) is 19.0. The van der Waals surface area contributed by atoms with Crippen molar-refractivity contribution in [3.8, 4) is 11.3 Å². The Labute approximate surface area is 179 Å². The number of alkyl halides is 1. The Bertz CT molecular complexity index is 1070. The van der Waals surface area contributed by atoms with Crippen molar-refractivity contribution in [3.05, 3.63) is 70.3 Å². The van der Waals surface area contributed by atoms with Crippen molar-refractivity contribution < 1.29 is 4.39 Å². The SMILES string of the molecule is CCc1ccc(Cn2nc(-c3cnc(N4CC(C(F)(P)P)C4)nc3)ccc2=O)cc1. The zero-order valence-electron chi connectivity index (χ0n) is 16.7. The minimum atomic E-state index is -1.36. The first-order valence-corrected chi connectivity index (χ1v) is 11.0. The Kier molecular flexibility index (Phi) is 5.95. The smallest absolute Gasteiger partial charge is 0.267 e. The maximum atomic E-state index is 13.9. The van der Waals surface area contributed by atoms with Gasteiger partial charge in [-0.15, -0.1) is 0 Å². The fourth-order valence-corrected chi connectivity index (χ4v) is 3.73. The number of rotatable bonds is 6. The van der Waals surface area contributed by atoms with Gasteiger partial charge in [0.15, 0.2) is 0 Å². The Morgan fingerprint density at radius 3 is 2.30 bits per heavy atom. The lowest BCUT2D eigenvalue weighted by molar-refractivity contribution is 0.241. The van der Waals surface area contributed by atoms with Gasteiger partial charge in [0.25, 0.3) is 5.56 Å². The van der Waals surface area contributed by atoms with Gasteiger partial charge in [-0.1, -0.05) is 49.7 Å². The number of aromatic nitrogens is 4. The average Bonchev–Trinajstić information content (AvgIpc) is 2.69. The summed E-state index contributed by atoms with van der Waals surface area (Å²) in [5.74, 6) is 0.492. The van der Waals surface area contributed by atoms with Crippen molar-refractivity contribution in [1.29, 1.82) is 0 Å². The van der Waals surface area contributed by atoms with Gasteiger partial charge in [-0.25, -0.2) is 19.0 Å². The summed E-state index contributed by atoms with van der Waals surface area (Å²) in [6.07, 6.45) is 4.35. The molecule has 1 aliphatic heterocycles. The lowest BCUT2D eigenvalue weighted by Crippen LogP contribution is -2.53. The first-order chi connectivity index (χ1) is 14.3. The fourth-order valence-electron chi connectivity index (χ4n) is 3.31. The van der Waals surface area contributed by atoms with Gasteiger partial charge in [-0.2, -0.15) is 5.10 Å². The normalized spacial score (nSPS) is 14.6. The number of nitrogens with zero attached hydrogens (tertiary/aromatic N) is 5. The molecule has 9 heteroatoms. The lowest BCUT2D eigenvalue weighted by Gasteiger charge is -2.43. The number of anilines is 1. The molecular weight excluding hydrogens is 419 g/mol. The van der Waals surface area contributed by atoms with Crippen molar-refractivity contribution in [2.24, 2.45) is 5.92 Å². The van der Waals surface area contributed by atoms with Crippen LogP contribution in [-0.2, 0) is 13.0 Å². The molecule has 2 atom stereocenters. The van der Waals surface area contributed by atoms with Crippen molar-refractivity contribution in [3.63, 3.8) is 0 Å². The standard InChI is InChI=1S/C21H24FN5OP2/c1-2-14-3-5-15(6-4-14)11-27-19(28)8-7-18(25-27)16-9-23-20(24-10-16)26-12-17(13-26)21(22,29)30/h3-10,17H,2,11-13,29-30H2,1H3. The van der Waals surface area contributed by atoms with E-state index in [1.54, 1.807) is 18.5 Å². The molecule has 0 aliphatic carbocycles. The van der Waals surface area contributed by atoms with E-state index in [4.69, 9.17) is 0 Å². The van der Waals surface area contributed by atoms with Crippen LogP contribution in [0.25, 0.3) is 11.3 Å². The molecule has 2 aromatic heterocycles. The van der Waals surface area contributed by atoms with Gasteiger partial charge in [-0.3, -0.25) is 4.79 Å². The van der Waals surface area contributed by atoms with Crippen LogP contribution >= 0.6 is 18.5 Å². The second-order valence-electron chi connectivity index (χ2n) is 7.59. The molecule has 1 aliphatic rings. The van der Waals surface area contributed by atoms with E-state index in [0.717, 1.165) is 17.5 Å². The fraction of sp³-hybridized carbons (Fsp3) is 0.333. The van der Waals surface area contributed by atoms with Gasteiger partial charge < -0.3 is 4.90 Å². The monoisotopic (exact) mass is 443 g/mol.